The van der Waals surface area contributed by atoms with Crippen LogP contribution in [0.2, 0.25) is 0 Å². The first kappa shape index (κ1) is 13.9. The minimum atomic E-state index is -4.23. The smallest absolute Gasteiger partial charge is 0.369 e. The summed E-state index contributed by atoms with van der Waals surface area (Å²) in [5.41, 5.74) is 0. The molecule has 0 aromatic carbocycles. The molecule has 0 bridgehead atoms. The fourth-order valence-electron chi connectivity index (χ4n) is 1.81. The van der Waals surface area contributed by atoms with Gasteiger partial charge in [-0.1, -0.05) is 6.92 Å². The van der Waals surface area contributed by atoms with Crippen LogP contribution in [-0.4, -0.2) is 35.3 Å². The van der Waals surface area contributed by atoms with Crippen LogP contribution in [0.5, 0.6) is 0 Å². The SMILES string of the molecule is CCCNc1cncc(N(CC(F)(F)F)C2CC2)n1. The van der Waals surface area contributed by atoms with Gasteiger partial charge < -0.3 is 10.2 Å². The van der Waals surface area contributed by atoms with E-state index >= 15 is 0 Å². The molecule has 0 amide bonds. The van der Waals surface area contributed by atoms with Crippen molar-refractivity contribution in [3.63, 3.8) is 0 Å². The van der Waals surface area contributed by atoms with Gasteiger partial charge in [0.15, 0.2) is 0 Å². The summed E-state index contributed by atoms with van der Waals surface area (Å²) in [6.07, 6.45) is 1.17. The molecular formula is C12H17F3N4. The number of hydrogen-bond donors (Lipinski definition) is 1. The molecule has 0 aliphatic heterocycles. The number of rotatable bonds is 6. The van der Waals surface area contributed by atoms with E-state index in [-0.39, 0.29) is 6.04 Å². The molecule has 7 heteroatoms. The summed E-state index contributed by atoms with van der Waals surface area (Å²) in [4.78, 5) is 9.47. The van der Waals surface area contributed by atoms with Gasteiger partial charge in [0.2, 0.25) is 0 Å². The van der Waals surface area contributed by atoms with Crippen LogP contribution >= 0.6 is 0 Å². The van der Waals surface area contributed by atoms with Gasteiger partial charge in [-0.25, -0.2) is 4.98 Å². The van der Waals surface area contributed by atoms with Crippen molar-refractivity contribution in [2.24, 2.45) is 0 Å². The largest absolute Gasteiger partial charge is 0.405 e. The lowest BCUT2D eigenvalue weighted by Gasteiger charge is -2.24. The first-order valence-corrected chi connectivity index (χ1v) is 6.39. The normalized spacial score (nSPS) is 15.4. The van der Waals surface area contributed by atoms with Crippen LogP contribution in [0.15, 0.2) is 12.4 Å². The molecule has 1 fully saturated rings. The third kappa shape index (κ3) is 4.25. The molecule has 0 spiro atoms. The van der Waals surface area contributed by atoms with Crippen LogP contribution in [0, 0.1) is 0 Å². The Morgan fingerprint density at radius 1 is 1.37 bits per heavy atom. The molecule has 4 nitrogen and oxygen atoms in total. The van der Waals surface area contributed by atoms with Gasteiger partial charge in [-0.3, -0.25) is 4.98 Å². The standard InChI is InChI=1S/C12H17F3N4/c1-2-5-17-10-6-16-7-11(18-10)19(9-3-4-9)8-12(13,14)15/h6-7,9H,2-5,8H2,1H3,(H,17,18). The summed E-state index contributed by atoms with van der Waals surface area (Å²) < 4.78 is 37.7. The molecule has 2 rings (SSSR count). The number of nitrogens with one attached hydrogen (secondary N) is 1. The number of halogens is 3. The minimum absolute atomic E-state index is 0.0580. The Morgan fingerprint density at radius 3 is 2.68 bits per heavy atom. The molecule has 0 radical (unpaired) electrons. The fourth-order valence-corrected chi connectivity index (χ4v) is 1.81. The number of nitrogens with zero attached hydrogens (tertiary/aromatic N) is 3. The van der Waals surface area contributed by atoms with Gasteiger partial charge >= 0.3 is 6.18 Å². The van der Waals surface area contributed by atoms with Crippen molar-refractivity contribution in [1.29, 1.82) is 0 Å². The van der Waals surface area contributed by atoms with Crippen LogP contribution in [0.3, 0.4) is 0 Å². The van der Waals surface area contributed by atoms with Crippen molar-refractivity contribution in [1.82, 2.24) is 9.97 Å². The molecule has 0 saturated heterocycles. The molecule has 1 aliphatic carbocycles. The highest BCUT2D eigenvalue weighted by atomic mass is 19.4. The van der Waals surface area contributed by atoms with E-state index in [1.54, 1.807) is 0 Å². The van der Waals surface area contributed by atoms with Crippen molar-refractivity contribution in [2.45, 2.75) is 38.4 Å². The summed E-state index contributed by atoms with van der Waals surface area (Å²) in [7, 11) is 0. The molecule has 19 heavy (non-hydrogen) atoms. The molecule has 0 unspecified atom stereocenters. The van der Waals surface area contributed by atoms with Crippen LogP contribution in [0.25, 0.3) is 0 Å². The lowest BCUT2D eigenvalue weighted by Crippen LogP contribution is -2.36. The number of anilines is 2. The summed E-state index contributed by atoms with van der Waals surface area (Å²) >= 11 is 0. The van der Waals surface area contributed by atoms with Crippen molar-refractivity contribution < 1.29 is 13.2 Å². The molecule has 1 aromatic heterocycles. The van der Waals surface area contributed by atoms with Crippen LogP contribution < -0.4 is 10.2 Å². The fraction of sp³-hybridized carbons (Fsp3) is 0.667. The van der Waals surface area contributed by atoms with Gasteiger partial charge in [0.1, 0.15) is 18.2 Å². The van der Waals surface area contributed by atoms with Crippen molar-refractivity contribution in [2.75, 3.05) is 23.3 Å². The van der Waals surface area contributed by atoms with Crippen molar-refractivity contribution >= 4 is 11.6 Å². The van der Waals surface area contributed by atoms with Crippen molar-refractivity contribution in [3.05, 3.63) is 12.4 Å². The van der Waals surface area contributed by atoms with Gasteiger partial charge in [-0.05, 0) is 19.3 Å². The Balaban J connectivity index is 2.12. The Hall–Kier alpha value is -1.53. The third-order valence-corrected chi connectivity index (χ3v) is 2.81. The highest BCUT2D eigenvalue weighted by molar-refractivity contribution is 5.45. The van der Waals surface area contributed by atoms with E-state index < -0.39 is 12.7 Å². The minimum Gasteiger partial charge on any atom is -0.369 e. The predicted molar refractivity (Wildman–Crippen MR) is 67.2 cm³/mol. The molecule has 1 aromatic rings. The summed E-state index contributed by atoms with van der Waals surface area (Å²) in [5.74, 6) is 0.813. The Bertz CT molecular complexity index is 418. The second-order valence-corrected chi connectivity index (χ2v) is 4.66. The maximum Gasteiger partial charge on any atom is 0.405 e. The predicted octanol–water partition coefficient (Wildman–Crippen LogP) is 2.83. The maximum absolute atomic E-state index is 12.6. The number of hydrogen-bond acceptors (Lipinski definition) is 4. The summed E-state index contributed by atoms with van der Waals surface area (Å²) in [6.45, 7) is 1.76. The number of alkyl halides is 3. The van der Waals surface area contributed by atoms with Crippen LogP contribution in [0.1, 0.15) is 26.2 Å². The lowest BCUT2D eigenvalue weighted by molar-refractivity contribution is -0.120. The lowest BCUT2D eigenvalue weighted by atomic mass is 10.4. The molecule has 0 atom stereocenters. The van der Waals surface area contributed by atoms with Gasteiger partial charge in [0.05, 0.1) is 12.4 Å². The summed E-state index contributed by atoms with van der Waals surface area (Å²) in [6, 6.07) is -0.0580. The van der Waals surface area contributed by atoms with Gasteiger partial charge in [-0.2, -0.15) is 13.2 Å². The highest BCUT2D eigenvalue weighted by Crippen LogP contribution is 2.33. The highest BCUT2D eigenvalue weighted by Gasteiger charge is 2.38. The van der Waals surface area contributed by atoms with E-state index in [2.05, 4.69) is 15.3 Å². The second kappa shape index (κ2) is 5.63. The zero-order valence-electron chi connectivity index (χ0n) is 10.7. The average Bonchev–Trinajstić information content (AvgIpc) is 3.17. The van der Waals surface area contributed by atoms with E-state index in [0.29, 0.717) is 11.6 Å². The van der Waals surface area contributed by atoms with Gasteiger partial charge in [-0.15, -0.1) is 0 Å². The topological polar surface area (TPSA) is 41.1 Å². The van der Waals surface area contributed by atoms with E-state index in [1.807, 2.05) is 6.92 Å². The molecular weight excluding hydrogens is 257 g/mol. The van der Waals surface area contributed by atoms with Gasteiger partial charge in [0.25, 0.3) is 0 Å². The van der Waals surface area contributed by atoms with E-state index in [4.69, 9.17) is 0 Å². The zero-order chi connectivity index (χ0) is 13.9. The van der Waals surface area contributed by atoms with E-state index in [1.165, 1.54) is 17.3 Å². The first-order valence-electron chi connectivity index (χ1n) is 6.39. The van der Waals surface area contributed by atoms with E-state index in [9.17, 15) is 13.2 Å². The van der Waals surface area contributed by atoms with Crippen LogP contribution in [-0.2, 0) is 0 Å². The quantitative estimate of drug-likeness (QED) is 0.866. The van der Waals surface area contributed by atoms with Crippen molar-refractivity contribution in [3.8, 4) is 0 Å². The Morgan fingerprint density at radius 2 is 2.11 bits per heavy atom. The van der Waals surface area contributed by atoms with Crippen LogP contribution in [0.4, 0.5) is 24.8 Å². The van der Waals surface area contributed by atoms with Gasteiger partial charge in [0, 0.05) is 12.6 Å². The zero-order valence-corrected chi connectivity index (χ0v) is 10.7. The number of aromatic nitrogens is 2. The third-order valence-electron chi connectivity index (χ3n) is 2.81. The molecule has 1 heterocycles. The molecule has 1 saturated carbocycles. The Labute approximate surface area is 110 Å². The molecule has 106 valence electrons. The molecule has 1 N–H and O–H groups in total. The molecule has 1 aliphatic rings. The second-order valence-electron chi connectivity index (χ2n) is 4.66. The maximum atomic E-state index is 12.6. The average molecular weight is 274 g/mol. The monoisotopic (exact) mass is 274 g/mol. The Kier molecular flexibility index (Phi) is 4.11. The first-order chi connectivity index (χ1) is 8.99. The van der Waals surface area contributed by atoms with E-state index in [0.717, 1.165) is 25.8 Å². The summed E-state index contributed by atoms with van der Waals surface area (Å²) in [5, 5.41) is 3.03.